The Bertz CT molecular complexity index is 1560. The van der Waals surface area contributed by atoms with E-state index in [1.165, 1.54) is 15.9 Å². The quantitative estimate of drug-likeness (QED) is 0.137. The molecule has 242 valence electrons. The standard InChI is InChI=1S/C25H26NOP.C8H5BF6O3/c1-25(2,3)23-18-27-24(26-23)21-16-10-11-17-22(21)28(19-12-6-4-7-13-19)20-14-8-5-9-15-20;10-7(11,12)4-1-5(8(13,14)15)3-6(2-4)18-9(16)17/h4-17,23H,18H2,1-3H3;1-3,16-17H/t23-;/m1./s1. The minimum atomic E-state index is -5.01. The average Bonchev–Trinajstić information content (AvgIpc) is 3.49. The Kier molecular flexibility index (Phi) is 10.9. The predicted molar refractivity (Wildman–Crippen MR) is 168 cm³/mol. The fourth-order valence-corrected chi connectivity index (χ4v) is 6.95. The van der Waals surface area contributed by atoms with Crippen molar-refractivity contribution in [1.29, 1.82) is 0 Å². The van der Waals surface area contributed by atoms with E-state index in [1.54, 1.807) is 0 Å². The molecule has 0 fully saturated rings. The van der Waals surface area contributed by atoms with Crippen LogP contribution in [0.25, 0.3) is 0 Å². The van der Waals surface area contributed by atoms with Crippen LogP contribution in [0.4, 0.5) is 26.3 Å². The molecule has 0 spiro atoms. The maximum atomic E-state index is 12.3. The molecule has 0 aliphatic carbocycles. The first-order chi connectivity index (χ1) is 21.5. The van der Waals surface area contributed by atoms with E-state index >= 15 is 0 Å². The topological polar surface area (TPSA) is 71.3 Å². The molecule has 5 rings (SSSR count). The van der Waals surface area contributed by atoms with Crippen molar-refractivity contribution >= 4 is 37.1 Å². The molecule has 0 amide bonds. The third-order valence-corrected chi connectivity index (χ3v) is 9.36. The van der Waals surface area contributed by atoms with Gasteiger partial charge >= 0.3 is 19.7 Å². The lowest BCUT2D eigenvalue weighted by atomic mass is 9.88. The Hall–Kier alpha value is -3.86. The number of rotatable bonds is 6. The Morgan fingerprint density at radius 2 is 1.22 bits per heavy atom. The highest BCUT2D eigenvalue weighted by molar-refractivity contribution is 7.80. The molecular weight excluding hydrogens is 630 g/mol. The van der Waals surface area contributed by atoms with Gasteiger partial charge in [0, 0.05) is 5.56 Å². The van der Waals surface area contributed by atoms with Crippen LogP contribution in [0.1, 0.15) is 37.5 Å². The third kappa shape index (κ3) is 9.12. The highest BCUT2D eigenvalue weighted by atomic mass is 31.1. The van der Waals surface area contributed by atoms with Crippen LogP contribution in [0.2, 0.25) is 0 Å². The Morgan fingerprint density at radius 3 is 1.65 bits per heavy atom. The number of aliphatic imine (C=N–C) groups is 1. The van der Waals surface area contributed by atoms with Gasteiger partial charge in [-0.1, -0.05) is 99.6 Å². The lowest BCUT2D eigenvalue weighted by molar-refractivity contribution is -0.143. The maximum Gasteiger partial charge on any atom is 0.707 e. The maximum absolute atomic E-state index is 12.3. The largest absolute Gasteiger partial charge is 0.707 e. The van der Waals surface area contributed by atoms with E-state index in [0.717, 1.165) is 11.5 Å². The number of ether oxygens (including phenoxy) is 1. The highest BCUT2D eigenvalue weighted by Crippen LogP contribution is 2.38. The van der Waals surface area contributed by atoms with Gasteiger partial charge in [-0.15, -0.1) is 0 Å². The molecule has 0 radical (unpaired) electrons. The van der Waals surface area contributed by atoms with E-state index in [-0.39, 0.29) is 29.7 Å². The van der Waals surface area contributed by atoms with Gasteiger partial charge in [0.1, 0.15) is 12.4 Å². The number of hydrogen-bond donors (Lipinski definition) is 2. The molecule has 46 heavy (non-hydrogen) atoms. The molecule has 1 aliphatic heterocycles. The molecule has 0 aromatic heterocycles. The van der Waals surface area contributed by atoms with Crippen LogP contribution in [0.3, 0.4) is 0 Å². The van der Waals surface area contributed by atoms with Crippen molar-refractivity contribution in [2.45, 2.75) is 39.2 Å². The molecule has 5 nitrogen and oxygen atoms in total. The van der Waals surface area contributed by atoms with E-state index < -0.39 is 44.5 Å². The molecule has 4 aromatic rings. The van der Waals surface area contributed by atoms with Crippen molar-refractivity contribution in [2.75, 3.05) is 6.61 Å². The summed E-state index contributed by atoms with van der Waals surface area (Å²) < 4.78 is 84.1. The van der Waals surface area contributed by atoms with Crippen molar-refractivity contribution in [3.63, 3.8) is 0 Å². The fourth-order valence-electron chi connectivity index (χ4n) is 4.51. The summed E-state index contributed by atoms with van der Waals surface area (Å²) in [5.41, 5.74) is -1.99. The minimum absolute atomic E-state index is 0.0975. The summed E-state index contributed by atoms with van der Waals surface area (Å²) in [6, 6.07) is 30.7. The van der Waals surface area contributed by atoms with Crippen molar-refractivity contribution in [2.24, 2.45) is 10.4 Å². The fraction of sp³-hybridized carbons (Fsp3) is 0.242. The van der Waals surface area contributed by atoms with Crippen LogP contribution in [0, 0.1) is 5.41 Å². The van der Waals surface area contributed by atoms with Gasteiger partial charge in [-0.3, -0.25) is 0 Å². The van der Waals surface area contributed by atoms with Crippen LogP contribution in [-0.2, 0) is 17.1 Å². The molecule has 13 heteroatoms. The monoisotopic (exact) mass is 661 g/mol. The normalized spacial score (nSPS) is 15.0. The van der Waals surface area contributed by atoms with E-state index in [9.17, 15) is 26.3 Å². The third-order valence-electron chi connectivity index (χ3n) is 6.86. The van der Waals surface area contributed by atoms with Crippen LogP contribution in [-0.4, -0.2) is 35.9 Å². The van der Waals surface area contributed by atoms with Crippen LogP contribution < -0.4 is 20.6 Å². The molecule has 0 saturated carbocycles. The van der Waals surface area contributed by atoms with Crippen molar-refractivity contribution in [3.8, 4) is 5.75 Å². The smallest absolute Gasteiger partial charge is 0.512 e. The Morgan fingerprint density at radius 1 is 0.739 bits per heavy atom. The molecular formula is C33H31BF6NO4P. The summed E-state index contributed by atoms with van der Waals surface area (Å²) in [5, 5.41) is 20.7. The number of hydrogen-bond acceptors (Lipinski definition) is 5. The van der Waals surface area contributed by atoms with Gasteiger partial charge in [-0.2, -0.15) is 26.3 Å². The summed E-state index contributed by atoms with van der Waals surface area (Å²) in [4.78, 5) is 4.96. The second kappa shape index (κ2) is 14.3. The number of benzene rings is 4. The predicted octanol–water partition coefficient (Wildman–Crippen LogP) is 6.71. The van der Waals surface area contributed by atoms with Gasteiger partial charge in [0.2, 0.25) is 5.90 Å². The summed E-state index contributed by atoms with van der Waals surface area (Å²) in [7, 11) is -3.21. The van der Waals surface area contributed by atoms with Crippen molar-refractivity contribution < 1.29 is 45.8 Å². The van der Waals surface area contributed by atoms with E-state index in [2.05, 4.69) is 110 Å². The first kappa shape index (κ1) is 35.0. The van der Waals surface area contributed by atoms with Gasteiger partial charge in [0.15, 0.2) is 0 Å². The first-order valence-corrected chi connectivity index (χ1v) is 15.4. The minimum Gasteiger partial charge on any atom is -0.512 e. The van der Waals surface area contributed by atoms with Crippen molar-refractivity contribution in [1.82, 2.24) is 0 Å². The second-order valence-corrected chi connectivity index (χ2v) is 13.5. The molecule has 2 N–H and O–H groups in total. The highest BCUT2D eigenvalue weighted by Gasteiger charge is 2.37. The number of halogens is 6. The number of alkyl halides is 6. The lowest BCUT2D eigenvalue weighted by Crippen LogP contribution is -2.25. The zero-order valence-electron chi connectivity index (χ0n) is 25.0. The summed E-state index contributed by atoms with van der Waals surface area (Å²) >= 11 is 0. The molecule has 1 heterocycles. The van der Waals surface area contributed by atoms with Crippen molar-refractivity contribution in [3.05, 3.63) is 120 Å². The number of nitrogens with zero attached hydrogens (tertiary/aromatic N) is 1. The zero-order chi connectivity index (χ0) is 33.7. The molecule has 0 saturated heterocycles. The van der Waals surface area contributed by atoms with Crippen LogP contribution in [0.5, 0.6) is 5.75 Å². The molecule has 1 aliphatic rings. The van der Waals surface area contributed by atoms with E-state index in [0.29, 0.717) is 6.61 Å². The summed E-state index contributed by atoms with van der Waals surface area (Å²) in [6.07, 6.45) is -10.0. The second-order valence-electron chi connectivity index (χ2n) is 11.3. The van der Waals surface area contributed by atoms with Gasteiger partial charge in [-0.05, 0) is 53.5 Å². The van der Waals surface area contributed by atoms with Crippen LogP contribution >= 0.6 is 7.92 Å². The SMILES string of the molecule is CC(C)(C)[C@H]1COC(c2ccccc2P(c2ccccc2)c2ccccc2)=N1.OB(O)Oc1cc(C(F)(F)F)cc(C(F)(F)F)c1. The molecule has 1 atom stereocenters. The van der Waals surface area contributed by atoms with Gasteiger partial charge < -0.3 is 19.4 Å². The first-order valence-electron chi connectivity index (χ1n) is 14.1. The summed E-state index contributed by atoms with van der Waals surface area (Å²) in [6.45, 7) is 7.32. The summed E-state index contributed by atoms with van der Waals surface area (Å²) in [5.74, 6) is -0.165. The van der Waals surface area contributed by atoms with Crippen LogP contribution in [0.15, 0.2) is 108 Å². The van der Waals surface area contributed by atoms with Gasteiger partial charge in [-0.25, -0.2) is 4.99 Å². The molecule has 0 bridgehead atoms. The van der Waals surface area contributed by atoms with E-state index in [4.69, 9.17) is 19.8 Å². The Labute approximate surface area is 264 Å². The average molecular weight is 661 g/mol. The lowest BCUT2D eigenvalue weighted by Gasteiger charge is -2.22. The van der Waals surface area contributed by atoms with E-state index in [1.807, 2.05) is 0 Å². The molecule has 4 aromatic carbocycles. The Balaban J connectivity index is 0.000000232. The van der Waals surface area contributed by atoms with Gasteiger partial charge in [0.05, 0.1) is 17.2 Å². The van der Waals surface area contributed by atoms with Gasteiger partial charge in [0.25, 0.3) is 0 Å². The zero-order valence-corrected chi connectivity index (χ0v) is 25.9. The molecule has 0 unspecified atom stereocenters.